The first-order chi connectivity index (χ1) is 10.8. The molecule has 0 aromatic heterocycles. The smallest absolute Gasteiger partial charge is 0.323 e. The summed E-state index contributed by atoms with van der Waals surface area (Å²) >= 11 is 0. The van der Waals surface area contributed by atoms with Crippen molar-refractivity contribution in [3.63, 3.8) is 0 Å². The van der Waals surface area contributed by atoms with Gasteiger partial charge in [-0.1, -0.05) is 48.5 Å². The topological polar surface area (TPSA) is 50.4 Å². The fourth-order valence-corrected chi connectivity index (χ4v) is 2.36. The SMILES string of the molecule is COc1ccccc1NC(=O)Nc1cccc2ccccc12. The Bertz CT molecular complexity index is 810. The van der Waals surface area contributed by atoms with E-state index in [1.54, 1.807) is 19.2 Å². The van der Waals surface area contributed by atoms with Gasteiger partial charge in [-0.2, -0.15) is 0 Å². The lowest BCUT2D eigenvalue weighted by Gasteiger charge is -2.12. The number of para-hydroxylation sites is 2. The van der Waals surface area contributed by atoms with Crippen LogP contribution in [0, 0.1) is 0 Å². The molecular formula is C18H16N2O2. The van der Waals surface area contributed by atoms with Crippen LogP contribution in [0.2, 0.25) is 0 Å². The van der Waals surface area contributed by atoms with Gasteiger partial charge in [-0.25, -0.2) is 4.79 Å². The maximum absolute atomic E-state index is 12.2. The number of hydrogen-bond acceptors (Lipinski definition) is 2. The van der Waals surface area contributed by atoms with Crippen molar-refractivity contribution in [2.75, 3.05) is 17.7 Å². The minimum Gasteiger partial charge on any atom is -0.495 e. The van der Waals surface area contributed by atoms with E-state index in [0.717, 1.165) is 16.5 Å². The van der Waals surface area contributed by atoms with E-state index in [1.807, 2.05) is 54.6 Å². The molecule has 0 radical (unpaired) electrons. The summed E-state index contributed by atoms with van der Waals surface area (Å²) in [5, 5.41) is 7.76. The molecule has 2 N–H and O–H groups in total. The van der Waals surface area contributed by atoms with Crippen LogP contribution in [0.1, 0.15) is 0 Å². The predicted molar refractivity (Wildman–Crippen MR) is 89.6 cm³/mol. The van der Waals surface area contributed by atoms with E-state index in [4.69, 9.17) is 4.74 Å². The summed E-state index contributed by atoms with van der Waals surface area (Å²) in [7, 11) is 1.57. The van der Waals surface area contributed by atoms with E-state index in [2.05, 4.69) is 10.6 Å². The predicted octanol–water partition coefficient (Wildman–Crippen LogP) is 4.49. The summed E-state index contributed by atoms with van der Waals surface area (Å²) in [6.45, 7) is 0. The largest absolute Gasteiger partial charge is 0.495 e. The number of benzene rings is 3. The highest BCUT2D eigenvalue weighted by Gasteiger charge is 2.08. The van der Waals surface area contributed by atoms with Crippen LogP contribution < -0.4 is 15.4 Å². The van der Waals surface area contributed by atoms with Crippen molar-refractivity contribution >= 4 is 28.2 Å². The van der Waals surface area contributed by atoms with Gasteiger partial charge in [0, 0.05) is 5.39 Å². The number of anilines is 2. The van der Waals surface area contributed by atoms with Crippen molar-refractivity contribution in [2.24, 2.45) is 0 Å². The molecule has 3 aromatic carbocycles. The monoisotopic (exact) mass is 292 g/mol. The first-order valence-electron chi connectivity index (χ1n) is 6.97. The Morgan fingerprint density at radius 3 is 2.32 bits per heavy atom. The van der Waals surface area contributed by atoms with E-state index in [-0.39, 0.29) is 6.03 Å². The van der Waals surface area contributed by atoms with E-state index >= 15 is 0 Å². The molecule has 0 saturated carbocycles. The summed E-state index contributed by atoms with van der Waals surface area (Å²) in [6.07, 6.45) is 0. The first kappa shape index (κ1) is 13.9. The van der Waals surface area contributed by atoms with Crippen LogP contribution in [-0.2, 0) is 0 Å². The zero-order valence-electron chi connectivity index (χ0n) is 12.2. The standard InChI is InChI=1S/C18H16N2O2/c1-22-17-12-5-4-10-16(17)20-18(21)19-15-11-6-8-13-7-2-3-9-14(13)15/h2-12H,1H3,(H2,19,20,21). The molecule has 0 aliphatic carbocycles. The molecule has 110 valence electrons. The molecular weight excluding hydrogens is 276 g/mol. The molecule has 22 heavy (non-hydrogen) atoms. The molecule has 0 unspecified atom stereocenters. The molecule has 2 amide bonds. The Labute approximate surface area is 128 Å². The Hall–Kier alpha value is -3.01. The molecule has 0 aliphatic heterocycles. The molecule has 0 fully saturated rings. The Kier molecular flexibility index (Phi) is 3.92. The molecule has 3 rings (SSSR count). The maximum Gasteiger partial charge on any atom is 0.323 e. The zero-order chi connectivity index (χ0) is 15.4. The normalized spacial score (nSPS) is 10.2. The molecule has 0 saturated heterocycles. The van der Waals surface area contributed by atoms with Crippen molar-refractivity contribution in [3.05, 3.63) is 66.7 Å². The van der Waals surface area contributed by atoms with Crippen molar-refractivity contribution in [2.45, 2.75) is 0 Å². The lowest BCUT2D eigenvalue weighted by atomic mass is 10.1. The second-order valence-corrected chi connectivity index (χ2v) is 4.81. The molecule has 3 aromatic rings. The molecule has 0 bridgehead atoms. The number of hydrogen-bond donors (Lipinski definition) is 2. The van der Waals surface area contributed by atoms with E-state index in [0.29, 0.717) is 11.4 Å². The summed E-state index contributed by atoms with van der Waals surface area (Å²) in [5.74, 6) is 0.621. The van der Waals surface area contributed by atoms with Crippen molar-refractivity contribution in [1.29, 1.82) is 0 Å². The number of urea groups is 1. The Morgan fingerprint density at radius 2 is 1.45 bits per heavy atom. The van der Waals surface area contributed by atoms with E-state index in [1.165, 1.54) is 0 Å². The number of carbonyl (C=O) groups is 1. The Morgan fingerprint density at radius 1 is 0.818 bits per heavy atom. The van der Waals surface area contributed by atoms with Crippen LogP contribution >= 0.6 is 0 Å². The number of ether oxygens (including phenoxy) is 1. The fraction of sp³-hybridized carbons (Fsp3) is 0.0556. The average Bonchev–Trinajstić information content (AvgIpc) is 2.55. The van der Waals surface area contributed by atoms with Crippen LogP contribution in [0.3, 0.4) is 0 Å². The number of nitrogens with one attached hydrogen (secondary N) is 2. The lowest BCUT2D eigenvalue weighted by Crippen LogP contribution is -2.19. The van der Waals surface area contributed by atoms with Crippen LogP contribution in [0.4, 0.5) is 16.2 Å². The Balaban J connectivity index is 1.82. The molecule has 0 spiro atoms. The third-order valence-corrected chi connectivity index (χ3v) is 3.39. The molecule has 0 heterocycles. The van der Waals surface area contributed by atoms with Gasteiger partial charge in [-0.05, 0) is 23.6 Å². The van der Waals surface area contributed by atoms with Gasteiger partial charge in [0.25, 0.3) is 0 Å². The summed E-state index contributed by atoms with van der Waals surface area (Å²) in [5.41, 5.74) is 1.40. The number of fused-ring (bicyclic) bond motifs is 1. The molecule has 4 heteroatoms. The summed E-state index contributed by atoms with van der Waals surface area (Å²) in [6, 6.07) is 20.7. The highest BCUT2D eigenvalue weighted by atomic mass is 16.5. The number of amides is 2. The minimum absolute atomic E-state index is 0.305. The van der Waals surface area contributed by atoms with Gasteiger partial charge in [0.1, 0.15) is 5.75 Å². The highest BCUT2D eigenvalue weighted by molar-refractivity contribution is 6.06. The van der Waals surface area contributed by atoms with Gasteiger partial charge >= 0.3 is 6.03 Å². The third-order valence-electron chi connectivity index (χ3n) is 3.39. The minimum atomic E-state index is -0.305. The van der Waals surface area contributed by atoms with E-state index < -0.39 is 0 Å². The number of rotatable bonds is 3. The summed E-state index contributed by atoms with van der Waals surface area (Å²) in [4.78, 5) is 12.2. The van der Waals surface area contributed by atoms with Crippen LogP contribution in [0.25, 0.3) is 10.8 Å². The van der Waals surface area contributed by atoms with Crippen molar-refractivity contribution in [3.8, 4) is 5.75 Å². The van der Waals surface area contributed by atoms with Gasteiger partial charge in [-0.15, -0.1) is 0 Å². The molecule has 4 nitrogen and oxygen atoms in total. The van der Waals surface area contributed by atoms with E-state index in [9.17, 15) is 4.79 Å². The van der Waals surface area contributed by atoms with Crippen molar-refractivity contribution in [1.82, 2.24) is 0 Å². The first-order valence-corrected chi connectivity index (χ1v) is 6.97. The van der Waals surface area contributed by atoms with Gasteiger partial charge in [0.05, 0.1) is 18.5 Å². The van der Waals surface area contributed by atoms with Gasteiger partial charge in [-0.3, -0.25) is 0 Å². The second-order valence-electron chi connectivity index (χ2n) is 4.81. The summed E-state index contributed by atoms with van der Waals surface area (Å²) < 4.78 is 5.22. The zero-order valence-corrected chi connectivity index (χ0v) is 12.2. The number of methoxy groups -OCH3 is 1. The molecule has 0 aliphatic rings. The van der Waals surface area contributed by atoms with Crippen molar-refractivity contribution < 1.29 is 9.53 Å². The van der Waals surface area contributed by atoms with Gasteiger partial charge in [0.15, 0.2) is 0 Å². The van der Waals surface area contributed by atoms with Crippen LogP contribution in [-0.4, -0.2) is 13.1 Å². The van der Waals surface area contributed by atoms with Crippen LogP contribution in [0.5, 0.6) is 5.75 Å². The lowest BCUT2D eigenvalue weighted by molar-refractivity contribution is 0.262. The maximum atomic E-state index is 12.2. The number of carbonyl (C=O) groups excluding carboxylic acids is 1. The van der Waals surface area contributed by atoms with Gasteiger partial charge in [0.2, 0.25) is 0 Å². The van der Waals surface area contributed by atoms with Gasteiger partial charge < -0.3 is 15.4 Å². The molecule has 0 atom stereocenters. The highest BCUT2D eigenvalue weighted by Crippen LogP contribution is 2.25. The quantitative estimate of drug-likeness (QED) is 0.747. The second kappa shape index (κ2) is 6.18. The third kappa shape index (κ3) is 2.86. The average molecular weight is 292 g/mol. The van der Waals surface area contributed by atoms with Crippen LogP contribution in [0.15, 0.2) is 66.7 Å². The fourth-order valence-electron chi connectivity index (χ4n) is 2.36.